The van der Waals surface area contributed by atoms with Gasteiger partial charge < -0.3 is 10.6 Å². The number of carbonyl (C=O) groups is 1. The van der Waals surface area contributed by atoms with Gasteiger partial charge in [-0.2, -0.15) is 0 Å². The number of benzene rings is 1. The maximum Gasteiger partial charge on any atom is 0.170 e. The highest BCUT2D eigenvalue weighted by Crippen LogP contribution is 2.09. The van der Waals surface area contributed by atoms with Gasteiger partial charge in [-0.15, -0.1) is 0 Å². The topological polar surface area (TPSA) is 41.1 Å². The summed E-state index contributed by atoms with van der Waals surface area (Å²) in [5.41, 5.74) is 1.59. The van der Waals surface area contributed by atoms with Crippen molar-refractivity contribution in [1.29, 1.82) is 0 Å². The molecule has 0 aliphatic heterocycles. The normalized spacial score (nSPS) is 10.1. The first-order valence-corrected chi connectivity index (χ1v) is 6.05. The lowest BCUT2D eigenvalue weighted by atomic mass is 10.1. The SMILES string of the molecule is CC(=O)c1ccc(NC(=S)NCC(C)C)cc1. The molecule has 1 aromatic carbocycles. The van der Waals surface area contributed by atoms with Crippen molar-refractivity contribution in [2.24, 2.45) is 5.92 Å². The Morgan fingerprint density at radius 3 is 2.35 bits per heavy atom. The summed E-state index contributed by atoms with van der Waals surface area (Å²) >= 11 is 5.15. The molecule has 0 saturated carbocycles. The lowest BCUT2D eigenvalue weighted by Gasteiger charge is -2.12. The van der Waals surface area contributed by atoms with Crippen LogP contribution in [0.3, 0.4) is 0 Å². The van der Waals surface area contributed by atoms with Crippen LogP contribution in [0.25, 0.3) is 0 Å². The Hall–Kier alpha value is -1.42. The number of hydrogen-bond acceptors (Lipinski definition) is 2. The molecule has 17 heavy (non-hydrogen) atoms. The van der Waals surface area contributed by atoms with E-state index in [0.29, 0.717) is 16.6 Å². The second-order valence-electron chi connectivity index (χ2n) is 4.36. The smallest absolute Gasteiger partial charge is 0.170 e. The fraction of sp³-hybridized carbons (Fsp3) is 0.385. The van der Waals surface area contributed by atoms with Crippen molar-refractivity contribution in [2.75, 3.05) is 11.9 Å². The largest absolute Gasteiger partial charge is 0.362 e. The molecule has 0 radical (unpaired) electrons. The van der Waals surface area contributed by atoms with Gasteiger partial charge >= 0.3 is 0 Å². The quantitative estimate of drug-likeness (QED) is 0.637. The second kappa shape index (κ2) is 6.35. The van der Waals surface area contributed by atoms with E-state index in [9.17, 15) is 4.79 Å². The first-order valence-electron chi connectivity index (χ1n) is 5.65. The molecule has 3 nitrogen and oxygen atoms in total. The van der Waals surface area contributed by atoms with Gasteiger partial charge in [-0.05, 0) is 49.3 Å². The van der Waals surface area contributed by atoms with Crippen LogP contribution in [0.4, 0.5) is 5.69 Å². The lowest BCUT2D eigenvalue weighted by molar-refractivity contribution is 0.101. The van der Waals surface area contributed by atoms with Gasteiger partial charge in [0.1, 0.15) is 0 Å². The van der Waals surface area contributed by atoms with Gasteiger partial charge in [-0.25, -0.2) is 0 Å². The maximum atomic E-state index is 11.1. The number of thiocarbonyl (C=S) groups is 1. The van der Waals surface area contributed by atoms with Crippen molar-refractivity contribution < 1.29 is 4.79 Å². The third-order valence-corrected chi connectivity index (χ3v) is 2.47. The Kier molecular flexibility index (Phi) is 5.10. The Morgan fingerprint density at radius 2 is 1.88 bits per heavy atom. The average Bonchev–Trinajstić information content (AvgIpc) is 2.27. The van der Waals surface area contributed by atoms with Crippen LogP contribution in [-0.4, -0.2) is 17.4 Å². The molecule has 0 fully saturated rings. The summed E-state index contributed by atoms with van der Waals surface area (Å²) in [7, 11) is 0. The van der Waals surface area contributed by atoms with E-state index in [-0.39, 0.29) is 5.78 Å². The van der Waals surface area contributed by atoms with Crippen LogP contribution in [0.15, 0.2) is 24.3 Å². The van der Waals surface area contributed by atoms with Crippen LogP contribution in [0.1, 0.15) is 31.1 Å². The van der Waals surface area contributed by atoms with Gasteiger partial charge in [0, 0.05) is 17.8 Å². The third-order valence-electron chi connectivity index (χ3n) is 2.22. The maximum absolute atomic E-state index is 11.1. The third kappa shape index (κ3) is 4.95. The van der Waals surface area contributed by atoms with Gasteiger partial charge in [0.25, 0.3) is 0 Å². The molecule has 0 heterocycles. The number of carbonyl (C=O) groups excluding carboxylic acids is 1. The molecule has 92 valence electrons. The Balaban J connectivity index is 2.51. The Labute approximate surface area is 108 Å². The van der Waals surface area contributed by atoms with E-state index in [4.69, 9.17) is 12.2 Å². The van der Waals surface area contributed by atoms with Gasteiger partial charge in [-0.3, -0.25) is 4.79 Å². The number of Topliss-reactive ketones (excluding diaryl/α,β-unsaturated/α-hetero) is 1. The molecule has 0 saturated heterocycles. The predicted octanol–water partition coefficient (Wildman–Crippen LogP) is 2.83. The van der Waals surface area contributed by atoms with Crippen molar-refractivity contribution in [3.63, 3.8) is 0 Å². The minimum Gasteiger partial charge on any atom is -0.362 e. The van der Waals surface area contributed by atoms with Crippen LogP contribution >= 0.6 is 12.2 Å². The Morgan fingerprint density at radius 1 is 1.29 bits per heavy atom. The van der Waals surface area contributed by atoms with Crippen molar-refractivity contribution in [3.8, 4) is 0 Å². The molecule has 0 amide bonds. The highest BCUT2D eigenvalue weighted by Gasteiger charge is 2.01. The number of hydrogen-bond donors (Lipinski definition) is 2. The molecule has 1 aromatic rings. The first-order chi connectivity index (χ1) is 7.99. The van der Waals surface area contributed by atoms with Gasteiger partial charge in [0.2, 0.25) is 0 Å². The molecule has 0 aliphatic carbocycles. The fourth-order valence-electron chi connectivity index (χ4n) is 1.26. The summed E-state index contributed by atoms with van der Waals surface area (Å²) in [5.74, 6) is 0.617. The molecule has 0 atom stereocenters. The zero-order valence-electron chi connectivity index (χ0n) is 10.4. The van der Waals surface area contributed by atoms with E-state index in [1.54, 1.807) is 19.1 Å². The molecule has 0 spiro atoms. The number of ketones is 1. The van der Waals surface area contributed by atoms with E-state index in [1.807, 2.05) is 12.1 Å². The summed E-state index contributed by atoms with van der Waals surface area (Å²) in [5, 5.41) is 6.80. The van der Waals surface area contributed by atoms with E-state index in [1.165, 1.54) is 0 Å². The molecular formula is C13H18N2OS. The van der Waals surface area contributed by atoms with E-state index < -0.39 is 0 Å². The van der Waals surface area contributed by atoms with E-state index >= 15 is 0 Å². The monoisotopic (exact) mass is 250 g/mol. The number of nitrogens with one attached hydrogen (secondary N) is 2. The molecule has 0 bridgehead atoms. The lowest BCUT2D eigenvalue weighted by Crippen LogP contribution is -2.31. The molecule has 0 aliphatic rings. The minimum atomic E-state index is 0.0667. The standard InChI is InChI=1S/C13H18N2OS/c1-9(2)8-14-13(17)15-12-6-4-11(5-7-12)10(3)16/h4-7,9H,8H2,1-3H3,(H2,14,15,17). The minimum absolute atomic E-state index is 0.0667. The molecule has 4 heteroatoms. The fourth-order valence-corrected chi connectivity index (χ4v) is 1.46. The van der Waals surface area contributed by atoms with Crippen molar-refractivity contribution in [1.82, 2.24) is 5.32 Å². The molecule has 0 unspecified atom stereocenters. The summed E-state index contributed by atoms with van der Waals surface area (Å²) < 4.78 is 0. The van der Waals surface area contributed by atoms with Crippen molar-refractivity contribution in [3.05, 3.63) is 29.8 Å². The summed E-state index contributed by atoms with van der Waals surface area (Å²) in [4.78, 5) is 11.1. The van der Waals surface area contributed by atoms with Gasteiger partial charge in [0.15, 0.2) is 10.9 Å². The van der Waals surface area contributed by atoms with Crippen molar-refractivity contribution in [2.45, 2.75) is 20.8 Å². The number of rotatable bonds is 4. The molecule has 2 N–H and O–H groups in total. The molecule has 0 aromatic heterocycles. The molecule has 1 rings (SSSR count). The number of anilines is 1. The van der Waals surface area contributed by atoms with E-state index in [2.05, 4.69) is 24.5 Å². The second-order valence-corrected chi connectivity index (χ2v) is 4.77. The van der Waals surface area contributed by atoms with Crippen LogP contribution in [0.5, 0.6) is 0 Å². The zero-order valence-corrected chi connectivity index (χ0v) is 11.2. The van der Waals surface area contributed by atoms with Crippen molar-refractivity contribution >= 4 is 28.8 Å². The molecular weight excluding hydrogens is 232 g/mol. The van der Waals surface area contributed by atoms with Gasteiger partial charge in [0.05, 0.1) is 0 Å². The van der Waals surface area contributed by atoms with Gasteiger partial charge in [-0.1, -0.05) is 13.8 Å². The van der Waals surface area contributed by atoms with E-state index in [0.717, 1.165) is 12.2 Å². The summed E-state index contributed by atoms with van der Waals surface area (Å²) in [6, 6.07) is 7.27. The zero-order chi connectivity index (χ0) is 12.8. The summed E-state index contributed by atoms with van der Waals surface area (Å²) in [6.07, 6.45) is 0. The predicted molar refractivity (Wildman–Crippen MR) is 75.5 cm³/mol. The average molecular weight is 250 g/mol. The highest BCUT2D eigenvalue weighted by molar-refractivity contribution is 7.80. The van der Waals surface area contributed by atoms with Crippen LogP contribution in [0, 0.1) is 5.92 Å². The van der Waals surface area contributed by atoms with Crippen LogP contribution < -0.4 is 10.6 Å². The van der Waals surface area contributed by atoms with Crippen LogP contribution in [0.2, 0.25) is 0 Å². The highest BCUT2D eigenvalue weighted by atomic mass is 32.1. The Bertz CT molecular complexity index is 398. The first kappa shape index (κ1) is 13.6. The van der Waals surface area contributed by atoms with Crippen LogP contribution in [-0.2, 0) is 0 Å². The summed E-state index contributed by atoms with van der Waals surface area (Å²) in [6.45, 7) is 6.64.